The first kappa shape index (κ1) is 15.0. The SMILES string of the molecule is CCCNC(=O)CNc1ccc(C(=O)OCC)cc1. The van der Waals surface area contributed by atoms with Crippen LogP contribution < -0.4 is 10.6 Å². The van der Waals surface area contributed by atoms with Gasteiger partial charge < -0.3 is 15.4 Å². The number of amides is 1. The van der Waals surface area contributed by atoms with Crippen LogP contribution in [0.5, 0.6) is 0 Å². The summed E-state index contributed by atoms with van der Waals surface area (Å²) in [6.45, 7) is 5.03. The first-order chi connectivity index (χ1) is 9.17. The molecule has 0 atom stereocenters. The number of hydrogen-bond acceptors (Lipinski definition) is 4. The highest BCUT2D eigenvalue weighted by atomic mass is 16.5. The van der Waals surface area contributed by atoms with E-state index in [1.165, 1.54) is 0 Å². The lowest BCUT2D eigenvalue weighted by Gasteiger charge is -2.07. The first-order valence-corrected chi connectivity index (χ1v) is 6.45. The molecule has 5 nitrogen and oxygen atoms in total. The molecule has 0 aliphatic rings. The van der Waals surface area contributed by atoms with E-state index >= 15 is 0 Å². The molecule has 0 saturated carbocycles. The third-order valence-corrected chi connectivity index (χ3v) is 2.42. The largest absolute Gasteiger partial charge is 0.462 e. The highest BCUT2D eigenvalue weighted by Gasteiger charge is 2.05. The Morgan fingerprint density at radius 2 is 1.84 bits per heavy atom. The Balaban J connectivity index is 2.44. The molecule has 1 aromatic rings. The van der Waals surface area contributed by atoms with Crippen molar-refractivity contribution in [3.05, 3.63) is 29.8 Å². The van der Waals surface area contributed by atoms with Gasteiger partial charge in [-0.3, -0.25) is 4.79 Å². The summed E-state index contributed by atoms with van der Waals surface area (Å²) in [5, 5.41) is 5.76. The second-order valence-corrected chi connectivity index (χ2v) is 4.00. The lowest BCUT2D eigenvalue weighted by Crippen LogP contribution is -2.30. The zero-order chi connectivity index (χ0) is 14.1. The van der Waals surface area contributed by atoms with Crippen LogP contribution in [-0.4, -0.2) is 31.6 Å². The van der Waals surface area contributed by atoms with Crippen LogP contribution in [0.4, 0.5) is 5.69 Å². The van der Waals surface area contributed by atoms with Gasteiger partial charge in [0, 0.05) is 12.2 Å². The van der Waals surface area contributed by atoms with Crippen molar-refractivity contribution in [2.75, 3.05) is 25.0 Å². The number of anilines is 1. The van der Waals surface area contributed by atoms with E-state index in [4.69, 9.17) is 4.74 Å². The molecule has 104 valence electrons. The van der Waals surface area contributed by atoms with Gasteiger partial charge >= 0.3 is 5.97 Å². The maximum absolute atomic E-state index is 11.4. The zero-order valence-electron chi connectivity index (χ0n) is 11.4. The van der Waals surface area contributed by atoms with Crippen molar-refractivity contribution in [3.8, 4) is 0 Å². The second-order valence-electron chi connectivity index (χ2n) is 4.00. The molecule has 0 aromatic heterocycles. The smallest absolute Gasteiger partial charge is 0.338 e. The standard InChI is InChI=1S/C14H20N2O3/c1-3-9-15-13(17)10-16-12-7-5-11(6-8-12)14(18)19-4-2/h5-8,16H,3-4,9-10H2,1-2H3,(H,15,17). The lowest BCUT2D eigenvalue weighted by molar-refractivity contribution is -0.119. The van der Waals surface area contributed by atoms with Gasteiger partial charge in [0.1, 0.15) is 0 Å². The van der Waals surface area contributed by atoms with E-state index in [9.17, 15) is 9.59 Å². The third kappa shape index (κ3) is 5.42. The predicted octanol–water partition coefficient (Wildman–Crippen LogP) is 1.80. The Morgan fingerprint density at radius 1 is 1.16 bits per heavy atom. The monoisotopic (exact) mass is 264 g/mol. The number of esters is 1. The van der Waals surface area contributed by atoms with Crippen LogP contribution in [0.25, 0.3) is 0 Å². The van der Waals surface area contributed by atoms with Crippen molar-refractivity contribution in [1.29, 1.82) is 0 Å². The maximum Gasteiger partial charge on any atom is 0.338 e. The Kier molecular flexibility index (Phi) is 6.43. The molecule has 2 N–H and O–H groups in total. The molecule has 1 amide bonds. The second kappa shape index (κ2) is 8.13. The van der Waals surface area contributed by atoms with Gasteiger partial charge in [-0.2, -0.15) is 0 Å². The summed E-state index contributed by atoms with van der Waals surface area (Å²) < 4.78 is 4.89. The van der Waals surface area contributed by atoms with E-state index in [-0.39, 0.29) is 18.4 Å². The summed E-state index contributed by atoms with van der Waals surface area (Å²) in [4.78, 5) is 22.8. The minimum absolute atomic E-state index is 0.0451. The van der Waals surface area contributed by atoms with Gasteiger partial charge in [-0.1, -0.05) is 6.92 Å². The van der Waals surface area contributed by atoms with E-state index in [0.717, 1.165) is 12.1 Å². The molecule has 0 aliphatic heterocycles. The van der Waals surface area contributed by atoms with Crippen molar-refractivity contribution in [1.82, 2.24) is 5.32 Å². The molecule has 0 saturated heterocycles. The van der Waals surface area contributed by atoms with Gasteiger partial charge in [0.15, 0.2) is 0 Å². The fourth-order valence-corrected chi connectivity index (χ4v) is 1.45. The Bertz CT molecular complexity index is 415. The van der Waals surface area contributed by atoms with Crippen LogP contribution in [0.1, 0.15) is 30.6 Å². The van der Waals surface area contributed by atoms with E-state index in [1.54, 1.807) is 31.2 Å². The van der Waals surface area contributed by atoms with Gasteiger partial charge in [-0.25, -0.2) is 4.79 Å². The third-order valence-electron chi connectivity index (χ3n) is 2.42. The predicted molar refractivity (Wildman–Crippen MR) is 74.2 cm³/mol. The van der Waals surface area contributed by atoms with Crippen LogP contribution >= 0.6 is 0 Å². The van der Waals surface area contributed by atoms with Crippen LogP contribution in [0.3, 0.4) is 0 Å². The summed E-state index contributed by atoms with van der Waals surface area (Å²) in [6, 6.07) is 6.84. The van der Waals surface area contributed by atoms with Crippen molar-refractivity contribution >= 4 is 17.6 Å². The minimum Gasteiger partial charge on any atom is -0.462 e. The molecular weight excluding hydrogens is 244 g/mol. The zero-order valence-corrected chi connectivity index (χ0v) is 11.4. The molecule has 0 unspecified atom stereocenters. The topological polar surface area (TPSA) is 67.4 Å². The van der Waals surface area contributed by atoms with Gasteiger partial charge in [-0.05, 0) is 37.6 Å². The summed E-state index contributed by atoms with van der Waals surface area (Å²) in [6.07, 6.45) is 0.917. The van der Waals surface area contributed by atoms with Gasteiger partial charge in [0.25, 0.3) is 0 Å². The van der Waals surface area contributed by atoms with Crippen LogP contribution in [0, 0.1) is 0 Å². The Morgan fingerprint density at radius 3 is 2.42 bits per heavy atom. The number of ether oxygens (including phenoxy) is 1. The number of hydrogen-bond donors (Lipinski definition) is 2. The van der Waals surface area contributed by atoms with E-state index in [0.29, 0.717) is 18.7 Å². The number of rotatable bonds is 7. The molecule has 0 aliphatic carbocycles. The Hall–Kier alpha value is -2.04. The first-order valence-electron chi connectivity index (χ1n) is 6.45. The molecular formula is C14H20N2O3. The molecule has 0 fully saturated rings. The van der Waals surface area contributed by atoms with Crippen molar-refractivity contribution < 1.29 is 14.3 Å². The molecule has 1 aromatic carbocycles. The van der Waals surface area contributed by atoms with Crippen LogP contribution in [-0.2, 0) is 9.53 Å². The van der Waals surface area contributed by atoms with Crippen LogP contribution in [0.2, 0.25) is 0 Å². The summed E-state index contributed by atoms with van der Waals surface area (Å²) in [5.74, 6) is -0.383. The molecule has 0 radical (unpaired) electrons. The Labute approximate surface area is 113 Å². The average molecular weight is 264 g/mol. The maximum atomic E-state index is 11.4. The fourth-order valence-electron chi connectivity index (χ4n) is 1.45. The van der Waals surface area contributed by atoms with E-state index < -0.39 is 0 Å². The van der Waals surface area contributed by atoms with Crippen molar-refractivity contribution in [2.24, 2.45) is 0 Å². The normalized spacial score (nSPS) is 9.79. The summed E-state index contributed by atoms with van der Waals surface area (Å²) in [5.41, 5.74) is 1.29. The quantitative estimate of drug-likeness (QED) is 0.737. The van der Waals surface area contributed by atoms with Gasteiger partial charge in [0.2, 0.25) is 5.91 Å². The van der Waals surface area contributed by atoms with Gasteiger partial charge in [0.05, 0.1) is 18.7 Å². The molecule has 0 spiro atoms. The average Bonchev–Trinajstić information content (AvgIpc) is 2.43. The van der Waals surface area contributed by atoms with E-state index in [2.05, 4.69) is 10.6 Å². The number of carbonyl (C=O) groups is 2. The molecule has 0 heterocycles. The number of nitrogens with one attached hydrogen (secondary N) is 2. The molecule has 19 heavy (non-hydrogen) atoms. The summed E-state index contributed by atoms with van der Waals surface area (Å²) >= 11 is 0. The molecule has 1 rings (SSSR count). The molecule has 5 heteroatoms. The summed E-state index contributed by atoms with van der Waals surface area (Å²) in [7, 11) is 0. The number of benzene rings is 1. The fraction of sp³-hybridized carbons (Fsp3) is 0.429. The highest BCUT2D eigenvalue weighted by Crippen LogP contribution is 2.10. The van der Waals surface area contributed by atoms with Gasteiger partial charge in [-0.15, -0.1) is 0 Å². The van der Waals surface area contributed by atoms with E-state index in [1.807, 2.05) is 6.92 Å². The van der Waals surface area contributed by atoms with Crippen LogP contribution in [0.15, 0.2) is 24.3 Å². The number of carbonyl (C=O) groups excluding carboxylic acids is 2. The van der Waals surface area contributed by atoms with Crippen molar-refractivity contribution in [3.63, 3.8) is 0 Å². The molecule has 0 bridgehead atoms. The lowest BCUT2D eigenvalue weighted by atomic mass is 10.2. The van der Waals surface area contributed by atoms with Crippen molar-refractivity contribution in [2.45, 2.75) is 20.3 Å². The minimum atomic E-state index is -0.338. The highest BCUT2D eigenvalue weighted by molar-refractivity contribution is 5.90.